The zero-order chi connectivity index (χ0) is 12.8. The van der Waals surface area contributed by atoms with Crippen LogP contribution in [-0.2, 0) is 4.79 Å². The molecule has 0 radical (unpaired) electrons. The molecule has 2 rings (SSSR count). The third-order valence-corrected chi connectivity index (χ3v) is 4.30. The number of carbonyl (C=O) groups is 1. The lowest BCUT2D eigenvalue weighted by Gasteiger charge is -2.37. The largest absolute Gasteiger partial charge is 0.395 e. The quantitative estimate of drug-likeness (QED) is 0.751. The fourth-order valence-corrected chi connectivity index (χ4v) is 2.93. The summed E-state index contributed by atoms with van der Waals surface area (Å²) in [5.74, 6) is 0.237. The van der Waals surface area contributed by atoms with Crippen molar-refractivity contribution in [1.29, 1.82) is 0 Å². The normalized spacial score (nSPS) is 24.6. The van der Waals surface area contributed by atoms with Gasteiger partial charge in [-0.3, -0.25) is 4.79 Å². The van der Waals surface area contributed by atoms with Crippen LogP contribution >= 0.6 is 0 Å². The predicted molar refractivity (Wildman–Crippen MR) is 71.3 cm³/mol. The van der Waals surface area contributed by atoms with E-state index in [9.17, 15) is 4.79 Å². The number of aliphatic hydroxyl groups is 1. The third kappa shape index (κ3) is 3.69. The molecule has 1 saturated carbocycles. The maximum Gasteiger partial charge on any atom is 0.222 e. The number of nitrogens with one attached hydrogen (secondary N) is 1. The van der Waals surface area contributed by atoms with E-state index in [1.165, 1.54) is 25.7 Å². The van der Waals surface area contributed by atoms with Crippen LogP contribution in [-0.4, -0.2) is 47.7 Å². The highest BCUT2D eigenvalue weighted by atomic mass is 16.3. The second-order valence-electron chi connectivity index (χ2n) is 5.58. The lowest BCUT2D eigenvalue weighted by molar-refractivity contribution is -0.136. The molecule has 18 heavy (non-hydrogen) atoms. The highest BCUT2D eigenvalue weighted by molar-refractivity contribution is 5.76. The van der Waals surface area contributed by atoms with Gasteiger partial charge in [0.15, 0.2) is 0 Å². The lowest BCUT2D eigenvalue weighted by Crippen LogP contribution is -2.46. The molecule has 0 aromatic rings. The van der Waals surface area contributed by atoms with Gasteiger partial charge in [0, 0.05) is 25.0 Å². The summed E-state index contributed by atoms with van der Waals surface area (Å²) < 4.78 is 0. The molecule has 1 heterocycles. The van der Waals surface area contributed by atoms with Gasteiger partial charge in [0.1, 0.15) is 0 Å². The molecule has 1 saturated heterocycles. The second kappa shape index (κ2) is 7.10. The molecule has 2 fully saturated rings. The smallest absolute Gasteiger partial charge is 0.222 e. The molecule has 0 spiro atoms. The van der Waals surface area contributed by atoms with E-state index in [0.29, 0.717) is 25.0 Å². The van der Waals surface area contributed by atoms with Crippen molar-refractivity contribution in [1.82, 2.24) is 10.2 Å². The molecule has 1 atom stereocenters. The van der Waals surface area contributed by atoms with E-state index >= 15 is 0 Å². The highest BCUT2D eigenvalue weighted by Crippen LogP contribution is 2.25. The predicted octanol–water partition coefficient (Wildman–Crippen LogP) is 1.28. The summed E-state index contributed by atoms with van der Waals surface area (Å²) in [7, 11) is 0. The molecule has 4 heteroatoms. The SMILES string of the molecule is O=C(CCC1CCCCN1)N(CCO)C1CCC1. The Balaban J connectivity index is 1.73. The van der Waals surface area contributed by atoms with Gasteiger partial charge in [0.05, 0.1) is 6.61 Å². The first kappa shape index (κ1) is 13.8. The Labute approximate surface area is 110 Å². The summed E-state index contributed by atoms with van der Waals surface area (Å²) in [6.07, 6.45) is 8.81. The second-order valence-corrected chi connectivity index (χ2v) is 5.58. The van der Waals surface area contributed by atoms with E-state index in [0.717, 1.165) is 25.8 Å². The number of hydrogen-bond donors (Lipinski definition) is 2. The Morgan fingerprint density at radius 3 is 2.61 bits per heavy atom. The van der Waals surface area contributed by atoms with Gasteiger partial charge in [0.25, 0.3) is 0 Å². The molecule has 1 amide bonds. The number of amides is 1. The van der Waals surface area contributed by atoms with Crippen molar-refractivity contribution in [3.05, 3.63) is 0 Å². The molecule has 0 aromatic heterocycles. The first-order valence-electron chi connectivity index (χ1n) is 7.45. The van der Waals surface area contributed by atoms with Gasteiger partial charge in [-0.25, -0.2) is 0 Å². The van der Waals surface area contributed by atoms with Gasteiger partial charge in [-0.15, -0.1) is 0 Å². The highest BCUT2D eigenvalue weighted by Gasteiger charge is 2.28. The summed E-state index contributed by atoms with van der Waals surface area (Å²) in [5.41, 5.74) is 0. The Hall–Kier alpha value is -0.610. The molecule has 0 aromatic carbocycles. The van der Waals surface area contributed by atoms with Crippen LogP contribution in [0.15, 0.2) is 0 Å². The van der Waals surface area contributed by atoms with Gasteiger partial charge in [-0.2, -0.15) is 0 Å². The number of aliphatic hydroxyl groups excluding tert-OH is 1. The van der Waals surface area contributed by atoms with Crippen molar-refractivity contribution in [3.63, 3.8) is 0 Å². The molecule has 1 aliphatic heterocycles. The molecular weight excluding hydrogens is 228 g/mol. The van der Waals surface area contributed by atoms with Crippen LogP contribution in [0.3, 0.4) is 0 Å². The van der Waals surface area contributed by atoms with Gasteiger partial charge in [-0.05, 0) is 45.1 Å². The first-order valence-corrected chi connectivity index (χ1v) is 7.45. The Morgan fingerprint density at radius 2 is 2.06 bits per heavy atom. The molecule has 1 aliphatic carbocycles. The van der Waals surface area contributed by atoms with E-state index in [2.05, 4.69) is 5.32 Å². The first-order chi connectivity index (χ1) is 8.81. The molecule has 2 aliphatic rings. The minimum Gasteiger partial charge on any atom is -0.395 e. The van der Waals surface area contributed by atoms with Crippen molar-refractivity contribution in [2.24, 2.45) is 0 Å². The van der Waals surface area contributed by atoms with Gasteiger partial charge >= 0.3 is 0 Å². The summed E-state index contributed by atoms with van der Waals surface area (Å²) in [4.78, 5) is 14.1. The summed E-state index contributed by atoms with van der Waals surface area (Å²) >= 11 is 0. The van der Waals surface area contributed by atoms with Crippen molar-refractivity contribution < 1.29 is 9.90 Å². The molecule has 104 valence electrons. The third-order valence-electron chi connectivity index (χ3n) is 4.30. The van der Waals surface area contributed by atoms with Crippen LogP contribution in [0.2, 0.25) is 0 Å². The summed E-state index contributed by atoms with van der Waals surface area (Å²) in [5, 5.41) is 12.5. The Morgan fingerprint density at radius 1 is 1.22 bits per heavy atom. The van der Waals surface area contributed by atoms with E-state index in [-0.39, 0.29) is 12.5 Å². The zero-order valence-corrected chi connectivity index (χ0v) is 11.2. The zero-order valence-electron chi connectivity index (χ0n) is 11.2. The average Bonchev–Trinajstić information content (AvgIpc) is 2.34. The lowest BCUT2D eigenvalue weighted by atomic mass is 9.91. The van der Waals surface area contributed by atoms with Gasteiger partial charge < -0.3 is 15.3 Å². The van der Waals surface area contributed by atoms with Crippen LogP contribution < -0.4 is 5.32 Å². The molecule has 4 nitrogen and oxygen atoms in total. The Kier molecular flexibility index (Phi) is 5.45. The van der Waals surface area contributed by atoms with Crippen LogP contribution in [0.25, 0.3) is 0 Å². The van der Waals surface area contributed by atoms with Crippen molar-refractivity contribution in [2.75, 3.05) is 19.7 Å². The number of rotatable bonds is 6. The summed E-state index contributed by atoms with van der Waals surface area (Å²) in [6, 6.07) is 0.934. The topological polar surface area (TPSA) is 52.6 Å². The van der Waals surface area contributed by atoms with E-state index in [1.807, 2.05) is 4.90 Å². The number of piperidine rings is 1. The van der Waals surface area contributed by atoms with Crippen molar-refractivity contribution >= 4 is 5.91 Å². The van der Waals surface area contributed by atoms with Gasteiger partial charge in [-0.1, -0.05) is 6.42 Å². The van der Waals surface area contributed by atoms with Gasteiger partial charge in [0.2, 0.25) is 5.91 Å². The monoisotopic (exact) mass is 254 g/mol. The Bertz CT molecular complexity index is 261. The maximum absolute atomic E-state index is 12.2. The van der Waals surface area contributed by atoms with Crippen molar-refractivity contribution in [3.8, 4) is 0 Å². The maximum atomic E-state index is 12.2. The van der Waals surface area contributed by atoms with Crippen LogP contribution in [0.4, 0.5) is 0 Å². The van der Waals surface area contributed by atoms with Crippen LogP contribution in [0, 0.1) is 0 Å². The fraction of sp³-hybridized carbons (Fsp3) is 0.929. The average molecular weight is 254 g/mol. The molecule has 2 N–H and O–H groups in total. The minimum absolute atomic E-state index is 0.0872. The van der Waals surface area contributed by atoms with Crippen molar-refractivity contribution in [2.45, 2.75) is 63.5 Å². The summed E-state index contributed by atoms with van der Waals surface area (Å²) in [6.45, 7) is 1.70. The molecule has 1 unspecified atom stereocenters. The fourth-order valence-electron chi connectivity index (χ4n) is 2.93. The molecular formula is C14H26N2O2. The number of nitrogens with zero attached hydrogens (tertiary/aromatic N) is 1. The standard InChI is InChI=1S/C14H26N2O2/c17-11-10-16(13-5-3-6-13)14(18)8-7-12-4-1-2-9-15-12/h12-13,15,17H,1-11H2. The van der Waals surface area contributed by atoms with E-state index < -0.39 is 0 Å². The van der Waals surface area contributed by atoms with Crippen LogP contribution in [0.5, 0.6) is 0 Å². The number of hydrogen-bond acceptors (Lipinski definition) is 3. The van der Waals surface area contributed by atoms with E-state index in [1.54, 1.807) is 0 Å². The van der Waals surface area contributed by atoms with Crippen LogP contribution in [0.1, 0.15) is 51.4 Å². The number of carbonyl (C=O) groups excluding carboxylic acids is 1. The minimum atomic E-state index is 0.0872. The molecule has 0 bridgehead atoms. The van der Waals surface area contributed by atoms with E-state index in [4.69, 9.17) is 5.11 Å².